The zero-order valence-corrected chi connectivity index (χ0v) is 11.9. The van der Waals surface area contributed by atoms with E-state index in [1.165, 1.54) is 28.7 Å². The molecule has 0 heterocycles. The maximum absolute atomic E-state index is 6.04. The first-order valence-electron chi connectivity index (χ1n) is 6.79. The molecule has 1 aliphatic carbocycles. The summed E-state index contributed by atoms with van der Waals surface area (Å²) < 4.78 is 0. The Bertz CT molecular complexity index is 574. The van der Waals surface area contributed by atoms with E-state index < -0.39 is 0 Å². The molecule has 3 rings (SSSR count). The van der Waals surface area contributed by atoms with Gasteiger partial charge in [0.2, 0.25) is 0 Å². The molecule has 2 heteroatoms. The molecule has 1 N–H and O–H groups in total. The van der Waals surface area contributed by atoms with Crippen molar-refractivity contribution in [2.45, 2.75) is 32.4 Å². The lowest BCUT2D eigenvalue weighted by molar-refractivity contribution is 0.530. The summed E-state index contributed by atoms with van der Waals surface area (Å²) in [5.41, 5.74) is 5.46. The summed E-state index contributed by atoms with van der Waals surface area (Å²) >= 11 is 6.04. The molecule has 2 aromatic rings. The van der Waals surface area contributed by atoms with E-state index in [4.69, 9.17) is 11.6 Å². The molecule has 0 amide bonds. The van der Waals surface area contributed by atoms with Gasteiger partial charge in [0, 0.05) is 17.6 Å². The van der Waals surface area contributed by atoms with Crippen molar-refractivity contribution in [1.82, 2.24) is 5.32 Å². The molecule has 0 fully saturated rings. The van der Waals surface area contributed by atoms with Crippen molar-refractivity contribution in [1.29, 1.82) is 0 Å². The fourth-order valence-electron chi connectivity index (χ4n) is 2.75. The minimum atomic E-state index is 0.466. The van der Waals surface area contributed by atoms with Crippen LogP contribution >= 0.6 is 11.6 Å². The predicted octanol–water partition coefficient (Wildman–Crippen LogP) is 4.43. The Morgan fingerprint density at radius 1 is 1.16 bits per heavy atom. The van der Waals surface area contributed by atoms with Gasteiger partial charge >= 0.3 is 0 Å². The van der Waals surface area contributed by atoms with Gasteiger partial charge in [-0.3, -0.25) is 0 Å². The summed E-state index contributed by atoms with van der Waals surface area (Å²) in [5, 5.41) is 4.50. The van der Waals surface area contributed by atoms with E-state index in [1.54, 1.807) is 0 Å². The summed E-state index contributed by atoms with van der Waals surface area (Å²) in [6, 6.07) is 15.4. The summed E-state index contributed by atoms with van der Waals surface area (Å²) in [4.78, 5) is 0. The highest BCUT2D eigenvalue weighted by Crippen LogP contribution is 2.32. The fourth-order valence-corrected chi connectivity index (χ4v) is 2.94. The van der Waals surface area contributed by atoms with Crippen LogP contribution in [0, 0.1) is 6.92 Å². The van der Waals surface area contributed by atoms with E-state index in [0.29, 0.717) is 6.04 Å². The first-order chi connectivity index (χ1) is 9.22. The number of benzene rings is 2. The lowest BCUT2D eigenvalue weighted by Gasteiger charge is -2.14. The van der Waals surface area contributed by atoms with Gasteiger partial charge in [0.15, 0.2) is 0 Å². The van der Waals surface area contributed by atoms with Crippen LogP contribution in [0.4, 0.5) is 0 Å². The fraction of sp³-hybridized carbons (Fsp3) is 0.294. The first kappa shape index (κ1) is 12.7. The largest absolute Gasteiger partial charge is 0.306 e. The normalized spacial score (nSPS) is 17.5. The van der Waals surface area contributed by atoms with Crippen molar-refractivity contribution in [2.75, 3.05) is 0 Å². The van der Waals surface area contributed by atoms with Crippen molar-refractivity contribution in [3.05, 3.63) is 69.7 Å². The van der Waals surface area contributed by atoms with Gasteiger partial charge in [0.1, 0.15) is 0 Å². The number of halogens is 1. The average Bonchev–Trinajstić information content (AvgIpc) is 2.80. The quantitative estimate of drug-likeness (QED) is 0.871. The minimum Gasteiger partial charge on any atom is -0.306 e. The third-order valence-electron chi connectivity index (χ3n) is 3.86. The molecular formula is C17H18ClN. The maximum Gasteiger partial charge on any atom is 0.0408 e. The van der Waals surface area contributed by atoms with E-state index in [0.717, 1.165) is 18.0 Å². The molecule has 19 heavy (non-hydrogen) atoms. The number of rotatable bonds is 3. The lowest BCUT2D eigenvalue weighted by atomic mass is 10.1. The number of fused-ring (bicyclic) bond motifs is 1. The molecule has 1 nitrogen and oxygen atoms in total. The van der Waals surface area contributed by atoms with Crippen molar-refractivity contribution >= 4 is 11.6 Å². The van der Waals surface area contributed by atoms with Crippen molar-refractivity contribution < 1.29 is 0 Å². The van der Waals surface area contributed by atoms with Gasteiger partial charge in [-0.1, -0.05) is 47.5 Å². The van der Waals surface area contributed by atoms with Crippen LogP contribution in [0.25, 0.3) is 0 Å². The Kier molecular flexibility index (Phi) is 3.58. The summed E-state index contributed by atoms with van der Waals surface area (Å²) in [5.74, 6) is 0. The van der Waals surface area contributed by atoms with E-state index in [1.807, 2.05) is 6.07 Å². The molecule has 0 radical (unpaired) electrons. The van der Waals surface area contributed by atoms with Crippen LogP contribution in [0.1, 0.15) is 34.7 Å². The van der Waals surface area contributed by atoms with Gasteiger partial charge in [-0.2, -0.15) is 0 Å². The van der Waals surface area contributed by atoms with E-state index in [9.17, 15) is 0 Å². The molecule has 98 valence electrons. The number of hydrogen-bond donors (Lipinski definition) is 1. The van der Waals surface area contributed by atoms with Crippen LogP contribution in [-0.2, 0) is 13.0 Å². The maximum atomic E-state index is 6.04. The second-order valence-electron chi connectivity index (χ2n) is 5.30. The summed E-state index contributed by atoms with van der Waals surface area (Å²) in [7, 11) is 0. The van der Waals surface area contributed by atoms with Crippen molar-refractivity contribution in [3.8, 4) is 0 Å². The van der Waals surface area contributed by atoms with Crippen LogP contribution in [0.15, 0.2) is 42.5 Å². The highest BCUT2D eigenvalue weighted by Gasteiger charge is 2.21. The standard InChI is InChI=1S/C17H18ClN/c1-12-2-4-13(5-3-12)11-19-17-9-6-14-10-15(18)7-8-16(14)17/h2-5,7-8,10,17,19H,6,9,11H2,1H3. The smallest absolute Gasteiger partial charge is 0.0408 e. The summed E-state index contributed by atoms with van der Waals surface area (Å²) in [6.07, 6.45) is 2.29. The third kappa shape index (κ3) is 2.83. The zero-order chi connectivity index (χ0) is 13.2. The Labute approximate surface area is 119 Å². The van der Waals surface area contributed by atoms with Crippen LogP contribution < -0.4 is 5.32 Å². The predicted molar refractivity (Wildman–Crippen MR) is 80.5 cm³/mol. The van der Waals surface area contributed by atoms with Gasteiger partial charge in [0.25, 0.3) is 0 Å². The van der Waals surface area contributed by atoms with Crippen molar-refractivity contribution in [2.24, 2.45) is 0 Å². The molecule has 0 aliphatic heterocycles. The number of aryl methyl sites for hydroxylation is 2. The van der Waals surface area contributed by atoms with Crippen LogP contribution in [-0.4, -0.2) is 0 Å². The Morgan fingerprint density at radius 2 is 1.95 bits per heavy atom. The Balaban J connectivity index is 1.68. The SMILES string of the molecule is Cc1ccc(CNC2CCc3cc(Cl)ccc32)cc1. The van der Waals surface area contributed by atoms with Gasteiger partial charge < -0.3 is 5.32 Å². The van der Waals surface area contributed by atoms with Gasteiger partial charge in [-0.25, -0.2) is 0 Å². The zero-order valence-electron chi connectivity index (χ0n) is 11.1. The highest BCUT2D eigenvalue weighted by atomic mass is 35.5. The lowest BCUT2D eigenvalue weighted by Crippen LogP contribution is -2.18. The van der Waals surface area contributed by atoms with Crippen molar-refractivity contribution in [3.63, 3.8) is 0 Å². The molecule has 1 unspecified atom stereocenters. The number of nitrogens with one attached hydrogen (secondary N) is 1. The van der Waals surface area contributed by atoms with Crippen LogP contribution in [0.3, 0.4) is 0 Å². The molecule has 0 saturated carbocycles. The monoisotopic (exact) mass is 271 g/mol. The van der Waals surface area contributed by atoms with E-state index in [2.05, 4.69) is 48.6 Å². The second-order valence-corrected chi connectivity index (χ2v) is 5.74. The summed E-state index contributed by atoms with van der Waals surface area (Å²) in [6.45, 7) is 3.04. The third-order valence-corrected chi connectivity index (χ3v) is 4.09. The second kappa shape index (κ2) is 5.36. The van der Waals surface area contributed by atoms with Gasteiger partial charge in [-0.15, -0.1) is 0 Å². The molecule has 0 spiro atoms. The van der Waals surface area contributed by atoms with E-state index in [-0.39, 0.29) is 0 Å². The van der Waals surface area contributed by atoms with E-state index >= 15 is 0 Å². The molecule has 2 aromatic carbocycles. The average molecular weight is 272 g/mol. The molecule has 0 bridgehead atoms. The Morgan fingerprint density at radius 3 is 2.74 bits per heavy atom. The Hall–Kier alpha value is -1.31. The molecule has 1 aliphatic rings. The number of hydrogen-bond acceptors (Lipinski definition) is 1. The topological polar surface area (TPSA) is 12.0 Å². The van der Waals surface area contributed by atoms with Crippen LogP contribution in [0.5, 0.6) is 0 Å². The van der Waals surface area contributed by atoms with Gasteiger partial charge in [0.05, 0.1) is 0 Å². The minimum absolute atomic E-state index is 0.466. The molecule has 0 saturated heterocycles. The molecule has 0 aromatic heterocycles. The van der Waals surface area contributed by atoms with Crippen LogP contribution in [0.2, 0.25) is 5.02 Å². The first-order valence-corrected chi connectivity index (χ1v) is 7.17. The molecular weight excluding hydrogens is 254 g/mol. The van der Waals surface area contributed by atoms with Gasteiger partial charge in [-0.05, 0) is 48.6 Å². The molecule has 1 atom stereocenters. The highest BCUT2D eigenvalue weighted by molar-refractivity contribution is 6.30.